The number of benzene rings is 1. The molecule has 0 saturated heterocycles. The van der Waals surface area contributed by atoms with Gasteiger partial charge in [0.1, 0.15) is 0 Å². The first-order chi connectivity index (χ1) is 10.1. The number of cyclic esters (lactones) is 1. The van der Waals surface area contributed by atoms with Gasteiger partial charge in [0.05, 0.1) is 5.56 Å². The summed E-state index contributed by atoms with van der Waals surface area (Å²) < 4.78 is 5.30. The Kier molecular flexibility index (Phi) is 3.95. The molecule has 2 aliphatic rings. The molecule has 1 N–H and O–H groups in total. The second-order valence-corrected chi connectivity index (χ2v) is 6.13. The van der Waals surface area contributed by atoms with Crippen molar-refractivity contribution < 1.29 is 14.3 Å². The van der Waals surface area contributed by atoms with E-state index >= 15 is 0 Å². The summed E-state index contributed by atoms with van der Waals surface area (Å²) in [7, 11) is 0. The van der Waals surface area contributed by atoms with Gasteiger partial charge in [-0.05, 0) is 30.4 Å². The molecule has 0 aromatic heterocycles. The number of hydrogen-bond donors (Lipinski definition) is 1. The van der Waals surface area contributed by atoms with Crippen molar-refractivity contribution >= 4 is 11.9 Å². The first kappa shape index (κ1) is 14.1. The van der Waals surface area contributed by atoms with E-state index in [1.54, 1.807) is 6.07 Å². The molecule has 3 atom stereocenters. The number of carbonyl (C=O) groups excluding carboxylic acids is 2. The Bertz CT molecular complexity index is 555. The quantitative estimate of drug-likeness (QED) is 0.850. The van der Waals surface area contributed by atoms with Crippen molar-refractivity contribution in [2.24, 2.45) is 5.92 Å². The smallest absolute Gasteiger partial charge is 0.339 e. The molecule has 1 heterocycles. The van der Waals surface area contributed by atoms with Gasteiger partial charge in [0.2, 0.25) is 0 Å². The van der Waals surface area contributed by atoms with Crippen molar-refractivity contribution in [1.82, 2.24) is 5.32 Å². The summed E-state index contributed by atoms with van der Waals surface area (Å²) in [5.74, 6) is -0.0559. The first-order valence-corrected chi connectivity index (χ1v) is 7.74. The van der Waals surface area contributed by atoms with Crippen molar-refractivity contribution in [2.75, 3.05) is 0 Å². The number of carbonyl (C=O) groups is 2. The van der Waals surface area contributed by atoms with Crippen molar-refractivity contribution in [2.45, 2.75) is 51.2 Å². The molecule has 0 radical (unpaired) electrons. The van der Waals surface area contributed by atoms with Crippen LogP contribution in [0.2, 0.25) is 0 Å². The van der Waals surface area contributed by atoms with Gasteiger partial charge in [-0.1, -0.05) is 38.0 Å². The molecule has 0 spiro atoms. The van der Waals surface area contributed by atoms with Crippen molar-refractivity contribution in [1.29, 1.82) is 0 Å². The van der Waals surface area contributed by atoms with E-state index in [-0.39, 0.29) is 11.9 Å². The number of nitrogens with one attached hydrogen (secondary N) is 1. The molecule has 4 nitrogen and oxygen atoms in total. The summed E-state index contributed by atoms with van der Waals surface area (Å²) in [6.45, 7) is 2.17. The highest BCUT2D eigenvalue weighted by Gasteiger charge is 2.33. The monoisotopic (exact) mass is 287 g/mol. The van der Waals surface area contributed by atoms with Gasteiger partial charge in [-0.3, -0.25) is 4.79 Å². The largest absolute Gasteiger partial charge is 0.448 e. The van der Waals surface area contributed by atoms with Crippen LogP contribution in [0, 0.1) is 5.92 Å². The van der Waals surface area contributed by atoms with Gasteiger partial charge in [0.15, 0.2) is 6.10 Å². The van der Waals surface area contributed by atoms with Gasteiger partial charge in [0, 0.05) is 12.5 Å². The Morgan fingerprint density at radius 3 is 2.81 bits per heavy atom. The van der Waals surface area contributed by atoms with Gasteiger partial charge < -0.3 is 10.1 Å². The average molecular weight is 287 g/mol. The summed E-state index contributed by atoms with van der Waals surface area (Å²) in [6, 6.07) is 7.54. The van der Waals surface area contributed by atoms with Crippen LogP contribution in [0.15, 0.2) is 24.3 Å². The zero-order chi connectivity index (χ0) is 14.8. The van der Waals surface area contributed by atoms with E-state index in [9.17, 15) is 9.59 Å². The minimum absolute atomic E-state index is 0.156. The van der Waals surface area contributed by atoms with Gasteiger partial charge in [-0.25, -0.2) is 4.79 Å². The normalized spacial score (nSPS) is 28.4. The maximum atomic E-state index is 12.4. The molecule has 3 unspecified atom stereocenters. The predicted molar refractivity (Wildman–Crippen MR) is 78.9 cm³/mol. The maximum absolute atomic E-state index is 12.4. The summed E-state index contributed by atoms with van der Waals surface area (Å²) in [4.78, 5) is 24.3. The molecule has 1 fully saturated rings. The van der Waals surface area contributed by atoms with Crippen LogP contribution in [0.1, 0.15) is 48.5 Å². The molecular formula is C17H21NO3. The SMILES string of the molecule is CC1CCCCC1NC(=O)C1Cc2ccccc2C(=O)O1. The molecule has 1 aliphatic heterocycles. The van der Waals surface area contributed by atoms with Crippen molar-refractivity contribution in [3.8, 4) is 0 Å². The fraction of sp³-hybridized carbons (Fsp3) is 0.529. The maximum Gasteiger partial charge on any atom is 0.339 e. The standard InChI is InChI=1S/C17H21NO3/c1-11-6-2-5-9-14(11)18-16(19)15-10-12-7-3-4-8-13(12)17(20)21-15/h3-4,7-8,11,14-15H,2,5-6,9-10H2,1H3,(H,18,19). The molecule has 112 valence electrons. The molecule has 1 saturated carbocycles. The second-order valence-electron chi connectivity index (χ2n) is 6.13. The topological polar surface area (TPSA) is 55.4 Å². The lowest BCUT2D eigenvalue weighted by Crippen LogP contribution is -2.48. The lowest BCUT2D eigenvalue weighted by atomic mass is 9.85. The van der Waals surface area contributed by atoms with E-state index in [0.29, 0.717) is 17.9 Å². The number of amides is 1. The number of ether oxygens (including phenoxy) is 1. The summed E-state index contributed by atoms with van der Waals surface area (Å²) >= 11 is 0. The third-order valence-electron chi connectivity index (χ3n) is 4.62. The highest BCUT2D eigenvalue weighted by Crippen LogP contribution is 2.25. The van der Waals surface area contributed by atoms with Gasteiger partial charge in [-0.2, -0.15) is 0 Å². The highest BCUT2D eigenvalue weighted by molar-refractivity contribution is 5.95. The minimum atomic E-state index is -0.693. The molecule has 4 heteroatoms. The Labute approximate surface area is 124 Å². The third kappa shape index (κ3) is 2.94. The minimum Gasteiger partial charge on any atom is -0.448 e. The van der Waals surface area contributed by atoms with Crippen LogP contribution < -0.4 is 5.32 Å². The van der Waals surface area contributed by atoms with Crippen LogP contribution in [0.25, 0.3) is 0 Å². The fourth-order valence-corrected chi connectivity index (χ4v) is 3.28. The summed E-state index contributed by atoms with van der Waals surface area (Å²) in [6.07, 6.45) is 4.33. The number of esters is 1. The van der Waals surface area contributed by atoms with Crippen LogP contribution in [-0.4, -0.2) is 24.0 Å². The van der Waals surface area contributed by atoms with Crippen LogP contribution >= 0.6 is 0 Å². The van der Waals surface area contributed by atoms with Crippen LogP contribution in [0.4, 0.5) is 0 Å². The van der Waals surface area contributed by atoms with Crippen LogP contribution in [0.5, 0.6) is 0 Å². The van der Waals surface area contributed by atoms with E-state index in [0.717, 1.165) is 24.8 Å². The average Bonchev–Trinajstić information content (AvgIpc) is 2.49. The lowest BCUT2D eigenvalue weighted by Gasteiger charge is -2.31. The van der Waals surface area contributed by atoms with Gasteiger partial charge in [0.25, 0.3) is 5.91 Å². The zero-order valence-electron chi connectivity index (χ0n) is 12.3. The van der Waals surface area contributed by atoms with Gasteiger partial charge in [-0.15, -0.1) is 0 Å². The van der Waals surface area contributed by atoms with E-state index in [1.807, 2.05) is 18.2 Å². The van der Waals surface area contributed by atoms with E-state index in [1.165, 1.54) is 6.42 Å². The number of rotatable bonds is 2. The Hall–Kier alpha value is -1.84. The molecule has 1 aliphatic carbocycles. The zero-order valence-corrected chi connectivity index (χ0v) is 12.3. The number of hydrogen-bond acceptors (Lipinski definition) is 3. The van der Waals surface area contributed by atoms with Gasteiger partial charge >= 0.3 is 5.97 Å². The third-order valence-corrected chi connectivity index (χ3v) is 4.62. The van der Waals surface area contributed by atoms with Crippen molar-refractivity contribution in [3.63, 3.8) is 0 Å². The Morgan fingerprint density at radius 1 is 1.24 bits per heavy atom. The Balaban J connectivity index is 1.68. The molecule has 1 aromatic carbocycles. The second kappa shape index (κ2) is 5.88. The fourth-order valence-electron chi connectivity index (χ4n) is 3.28. The van der Waals surface area contributed by atoms with E-state index in [4.69, 9.17) is 4.74 Å². The van der Waals surface area contributed by atoms with E-state index in [2.05, 4.69) is 12.2 Å². The molecule has 1 aromatic rings. The predicted octanol–water partition coefficient (Wildman–Crippen LogP) is 2.46. The lowest BCUT2D eigenvalue weighted by molar-refractivity contribution is -0.131. The summed E-state index contributed by atoms with van der Waals surface area (Å²) in [5, 5.41) is 3.07. The van der Waals surface area contributed by atoms with E-state index < -0.39 is 12.1 Å². The number of fused-ring (bicyclic) bond motifs is 1. The van der Waals surface area contributed by atoms with Crippen LogP contribution in [-0.2, 0) is 16.0 Å². The Morgan fingerprint density at radius 2 is 2.00 bits per heavy atom. The molecule has 1 amide bonds. The van der Waals surface area contributed by atoms with Crippen molar-refractivity contribution in [3.05, 3.63) is 35.4 Å². The molecular weight excluding hydrogens is 266 g/mol. The summed E-state index contributed by atoms with van der Waals surface area (Å²) in [5.41, 5.74) is 1.47. The highest BCUT2D eigenvalue weighted by atomic mass is 16.5. The first-order valence-electron chi connectivity index (χ1n) is 7.74. The molecule has 0 bridgehead atoms. The molecule has 3 rings (SSSR count). The van der Waals surface area contributed by atoms with Crippen LogP contribution in [0.3, 0.4) is 0 Å². The molecule has 21 heavy (non-hydrogen) atoms.